The van der Waals surface area contributed by atoms with Gasteiger partial charge in [-0.15, -0.1) is 0 Å². The molecule has 0 saturated carbocycles. The molecule has 2 aromatic rings. The average molecular weight is 509 g/mol. The fourth-order valence-electron chi connectivity index (χ4n) is 4.52. The summed E-state index contributed by atoms with van der Waals surface area (Å²) in [5.41, 5.74) is 0.780. The van der Waals surface area contributed by atoms with Crippen molar-refractivity contribution in [2.75, 3.05) is 0 Å². The summed E-state index contributed by atoms with van der Waals surface area (Å²) in [6.45, 7) is 12.9. The lowest BCUT2D eigenvalue weighted by Gasteiger charge is -2.36. The number of benzene rings is 2. The second-order valence-corrected chi connectivity index (χ2v) is 11.6. The largest absolute Gasteiger partial charge is 0.442 e. The topological polar surface area (TPSA) is 76.2 Å². The molecule has 1 aliphatic rings. The highest BCUT2D eigenvalue weighted by atomic mass is 16.6. The van der Waals surface area contributed by atoms with Crippen LogP contribution in [0.4, 0.5) is 9.59 Å². The molecular weight excluding hydrogens is 468 g/mol. The van der Waals surface area contributed by atoms with Crippen molar-refractivity contribution in [1.29, 1.82) is 0 Å². The van der Waals surface area contributed by atoms with Gasteiger partial charge in [0.15, 0.2) is 5.78 Å². The first-order chi connectivity index (χ1) is 17.3. The number of carbonyl (C=O) groups excluding carboxylic acids is 3. The van der Waals surface area contributed by atoms with E-state index in [0.717, 1.165) is 18.4 Å². The first kappa shape index (κ1) is 28.2. The molecule has 37 heavy (non-hydrogen) atoms. The molecule has 0 unspecified atom stereocenters. The van der Waals surface area contributed by atoms with E-state index in [1.165, 1.54) is 10.0 Å². The second kappa shape index (κ2) is 11.4. The minimum Gasteiger partial charge on any atom is -0.442 e. The van der Waals surface area contributed by atoms with Crippen molar-refractivity contribution < 1.29 is 23.9 Å². The van der Waals surface area contributed by atoms with Crippen molar-refractivity contribution >= 4 is 18.0 Å². The van der Waals surface area contributed by atoms with Gasteiger partial charge in [-0.3, -0.25) is 4.79 Å². The highest BCUT2D eigenvalue weighted by Gasteiger charge is 2.47. The Morgan fingerprint density at radius 1 is 0.757 bits per heavy atom. The average Bonchev–Trinajstić information content (AvgIpc) is 3.16. The molecule has 2 atom stereocenters. The van der Waals surface area contributed by atoms with E-state index < -0.39 is 23.4 Å². The van der Waals surface area contributed by atoms with Gasteiger partial charge in [-0.05, 0) is 66.4 Å². The Hall–Kier alpha value is -3.35. The van der Waals surface area contributed by atoms with Crippen LogP contribution in [0.3, 0.4) is 0 Å². The van der Waals surface area contributed by atoms with Gasteiger partial charge in [0.2, 0.25) is 0 Å². The number of hydrazine groups is 1. The van der Waals surface area contributed by atoms with Crippen molar-refractivity contribution in [3.8, 4) is 0 Å². The first-order valence-corrected chi connectivity index (χ1v) is 13.0. The van der Waals surface area contributed by atoms with Crippen LogP contribution in [0.2, 0.25) is 0 Å². The minimum atomic E-state index is -0.719. The molecule has 0 radical (unpaired) electrons. The molecule has 0 aromatic heterocycles. The van der Waals surface area contributed by atoms with Gasteiger partial charge in [-0.1, -0.05) is 67.9 Å². The lowest BCUT2D eigenvalue weighted by atomic mass is 9.97. The van der Waals surface area contributed by atoms with E-state index in [2.05, 4.69) is 6.92 Å². The molecule has 200 valence electrons. The quantitative estimate of drug-likeness (QED) is 0.402. The Balaban J connectivity index is 1.88. The van der Waals surface area contributed by atoms with Crippen molar-refractivity contribution in [3.05, 3.63) is 71.3 Å². The van der Waals surface area contributed by atoms with E-state index >= 15 is 0 Å². The summed E-state index contributed by atoms with van der Waals surface area (Å²) in [6.07, 6.45) is 1.59. The Morgan fingerprint density at radius 2 is 1.24 bits per heavy atom. The zero-order chi connectivity index (χ0) is 27.4. The SMILES string of the molecule is CCC[C@@H]1C[C@@H](Cc2ccc(C(=O)c3ccccc3)cc2)N(C(=O)OC(C)(C)C)N1C(=O)OC(C)(C)C. The Kier molecular flexibility index (Phi) is 8.67. The van der Waals surface area contributed by atoms with Crippen LogP contribution in [0.25, 0.3) is 0 Å². The predicted octanol–water partition coefficient (Wildman–Crippen LogP) is 6.79. The molecule has 1 heterocycles. The fourth-order valence-corrected chi connectivity index (χ4v) is 4.52. The maximum Gasteiger partial charge on any atom is 0.429 e. The first-order valence-electron chi connectivity index (χ1n) is 13.0. The van der Waals surface area contributed by atoms with Gasteiger partial charge in [0.05, 0.1) is 12.1 Å². The lowest BCUT2D eigenvalue weighted by Crippen LogP contribution is -2.53. The summed E-state index contributed by atoms with van der Waals surface area (Å²) >= 11 is 0. The van der Waals surface area contributed by atoms with Crippen LogP contribution >= 0.6 is 0 Å². The molecule has 1 fully saturated rings. The summed E-state index contributed by atoms with van der Waals surface area (Å²) < 4.78 is 11.4. The highest BCUT2D eigenvalue weighted by molar-refractivity contribution is 6.08. The van der Waals surface area contributed by atoms with Crippen LogP contribution in [0.15, 0.2) is 54.6 Å². The summed E-state index contributed by atoms with van der Waals surface area (Å²) in [5, 5.41) is 2.91. The third-order valence-electron chi connectivity index (χ3n) is 5.97. The predicted molar refractivity (Wildman–Crippen MR) is 143 cm³/mol. The molecule has 0 N–H and O–H groups in total. The van der Waals surface area contributed by atoms with Crippen LogP contribution in [0, 0.1) is 0 Å². The van der Waals surface area contributed by atoms with Gasteiger partial charge in [0.25, 0.3) is 0 Å². The van der Waals surface area contributed by atoms with Gasteiger partial charge in [0, 0.05) is 11.1 Å². The molecule has 1 saturated heterocycles. The molecule has 7 heteroatoms. The maximum absolute atomic E-state index is 13.4. The molecule has 2 aromatic carbocycles. The molecular formula is C30H40N2O5. The Morgan fingerprint density at radius 3 is 1.73 bits per heavy atom. The van der Waals surface area contributed by atoms with Crippen molar-refractivity contribution in [3.63, 3.8) is 0 Å². The van der Waals surface area contributed by atoms with E-state index in [4.69, 9.17) is 9.47 Å². The number of carbonyl (C=O) groups is 3. The minimum absolute atomic E-state index is 0.0393. The van der Waals surface area contributed by atoms with E-state index in [9.17, 15) is 14.4 Å². The van der Waals surface area contributed by atoms with E-state index in [-0.39, 0.29) is 17.9 Å². The number of rotatable bonds is 6. The highest BCUT2D eigenvalue weighted by Crippen LogP contribution is 2.33. The third kappa shape index (κ3) is 7.57. The van der Waals surface area contributed by atoms with E-state index in [1.54, 1.807) is 32.9 Å². The molecule has 0 aliphatic carbocycles. The summed E-state index contributed by atoms with van der Waals surface area (Å²) in [6, 6.07) is 16.1. The van der Waals surface area contributed by atoms with Crippen LogP contribution in [0.1, 0.15) is 89.2 Å². The number of hydrogen-bond donors (Lipinski definition) is 0. The monoisotopic (exact) mass is 508 g/mol. The van der Waals surface area contributed by atoms with Crippen LogP contribution < -0.4 is 0 Å². The smallest absolute Gasteiger partial charge is 0.429 e. The van der Waals surface area contributed by atoms with Crippen molar-refractivity contribution in [2.24, 2.45) is 0 Å². The fraction of sp³-hybridized carbons (Fsp3) is 0.500. The summed E-state index contributed by atoms with van der Waals surface area (Å²) in [4.78, 5) is 39.5. The van der Waals surface area contributed by atoms with Gasteiger partial charge >= 0.3 is 12.2 Å². The summed E-state index contributed by atoms with van der Waals surface area (Å²) in [7, 11) is 0. The Bertz CT molecular complexity index is 1080. The number of amides is 2. The Labute approximate surface area is 220 Å². The van der Waals surface area contributed by atoms with Gasteiger partial charge in [0.1, 0.15) is 11.2 Å². The molecule has 2 amide bonds. The second-order valence-electron chi connectivity index (χ2n) is 11.6. The van der Waals surface area contributed by atoms with Crippen LogP contribution in [0.5, 0.6) is 0 Å². The molecule has 7 nitrogen and oxygen atoms in total. The number of nitrogens with zero attached hydrogens (tertiary/aromatic N) is 2. The third-order valence-corrected chi connectivity index (χ3v) is 5.97. The van der Waals surface area contributed by atoms with Crippen LogP contribution in [-0.2, 0) is 15.9 Å². The van der Waals surface area contributed by atoms with Gasteiger partial charge < -0.3 is 9.47 Å². The number of ketones is 1. The van der Waals surface area contributed by atoms with Gasteiger partial charge in [-0.2, -0.15) is 0 Å². The number of hydrogen-bond acceptors (Lipinski definition) is 5. The van der Waals surface area contributed by atoms with Crippen molar-refractivity contribution in [2.45, 2.75) is 97.4 Å². The van der Waals surface area contributed by atoms with E-state index in [1.807, 2.05) is 63.2 Å². The summed E-state index contributed by atoms with van der Waals surface area (Å²) in [5.74, 6) is -0.0393. The zero-order valence-electron chi connectivity index (χ0n) is 23.1. The lowest BCUT2D eigenvalue weighted by molar-refractivity contribution is -0.0639. The normalized spacial score (nSPS) is 18.0. The maximum atomic E-state index is 13.4. The number of ether oxygens (including phenoxy) is 2. The zero-order valence-corrected chi connectivity index (χ0v) is 23.1. The van der Waals surface area contributed by atoms with Gasteiger partial charge in [-0.25, -0.2) is 19.6 Å². The standard InChI is InChI=1S/C30H40N2O5/c1-8-12-24-20-25(19-21-15-17-23(18-16-21)26(33)22-13-10-9-11-14-22)32(28(35)37-30(5,6)7)31(24)27(34)36-29(2,3)4/h9-11,13-18,24-25H,8,12,19-20H2,1-7H3/t24-,25-/m1/s1. The van der Waals surface area contributed by atoms with E-state index in [0.29, 0.717) is 24.0 Å². The molecule has 0 bridgehead atoms. The molecule has 3 rings (SSSR count). The molecule has 0 spiro atoms. The van der Waals surface area contributed by atoms with Crippen LogP contribution in [-0.4, -0.2) is 51.3 Å². The molecule has 1 aliphatic heterocycles. The van der Waals surface area contributed by atoms with Crippen molar-refractivity contribution in [1.82, 2.24) is 10.0 Å².